The third kappa shape index (κ3) is 4.01. The molecule has 0 bridgehead atoms. The van der Waals surface area contributed by atoms with Crippen LogP contribution in [-0.4, -0.2) is 16.8 Å². The van der Waals surface area contributed by atoms with Gasteiger partial charge in [-0.3, -0.25) is 20.4 Å². The number of carbonyl (C=O) groups is 2. The molecule has 3 aromatic rings. The summed E-state index contributed by atoms with van der Waals surface area (Å²) >= 11 is 14.5. The van der Waals surface area contributed by atoms with Crippen molar-refractivity contribution in [3.63, 3.8) is 0 Å². The third-order valence-corrected chi connectivity index (χ3v) is 6.08. The fraction of sp³-hybridized carbons (Fsp3) is 0.0625. The smallest absolute Gasteiger partial charge is 0.267 e. The number of nitrogens with one attached hydrogen (secondary N) is 2. The number of rotatable bonds is 3. The molecule has 0 atom stereocenters. The lowest BCUT2D eigenvalue weighted by atomic mass is 10.2. The van der Waals surface area contributed by atoms with Crippen molar-refractivity contribution in [1.82, 2.24) is 15.8 Å². The lowest BCUT2D eigenvalue weighted by molar-refractivity contribution is 0.0848. The summed E-state index contributed by atoms with van der Waals surface area (Å²) in [4.78, 5) is 30.1. The van der Waals surface area contributed by atoms with E-state index >= 15 is 0 Å². The second-order valence-corrected chi connectivity index (χ2v) is 8.05. The number of benzene rings is 1. The van der Waals surface area contributed by atoms with E-state index in [1.165, 1.54) is 22.7 Å². The maximum absolute atomic E-state index is 12.3. The highest BCUT2D eigenvalue weighted by Crippen LogP contribution is 2.34. The highest BCUT2D eigenvalue weighted by atomic mass is 35.5. The van der Waals surface area contributed by atoms with Crippen LogP contribution in [0, 0.1) is 6.92 Å². The van der Waals surface area contributed by atoms with Gasteiger partial charge < -0.3 is 0 Å². The predicted octanol–water partition coefficient (Wildman–Crippen LogP) is 4.56. The Morgan fingerprint density at radius 3 is 2.40 bits per heavy atom. The predicted molar refractivity (Wildman–Crippen MR) is 102 cm³/mol. The molecule has 5 nitrogen and oxygen atoms in total. The zero-order chi connectivity index (χ0) is 18.0. The van der Waals surface area contributed by atoms with Crippen LogP contribution in [0.2, 0.25) is 9.36 Å². The van der Waals surface area contributed by atoms with Crippen LogP contribution in [0.25, 0.3) is 9.88 Å². The maximum atomic E-state index is 12.3. The molecule has 25 heavy (non-hydrogen) atoms. The van der Waals surface area contributed by atoms with Crippen LogP contribution < -0.4 is 10.9 Å². The molecule has 0 saturated heterocycles. The van der Waals surface area contributed by atoms with Crippen molar-refractivity contribution in [3.05, 3.63) is 61.9 Å². The zero-order valence-electron chi connectivity index (χ0n) is 12.8. The van der Waals surface area contributed by atoms with Gasteiger partial charge in [-0.1, -0.05) is 35.3 Å². The molecule has 0 unspecified atom stereocenters. The average molecular weight is 412 g/mol. The van der Waals surface area contributed by atoms with Crippen LogP contribution in [0.5, 0.6) is 0 Å². The fourth-order valence-electron chi connectivity index (χ4n) is 2.02. The number of hydrazine groups is 1. The molecule has 1 aromatic carbocycles. The molecule has 0 aliphatic rings. The molecule has 2 aromatic heterocycles. The van der Waals surface area contributed by atoms with Crippen molar-refractivity contribution in [2.75, 3.05) is 0 Å². The van der Waals surface area contributed by atoms with E-state index in [1.807, 2.05) is 6.07 Å². The number of thiophene rings is 1. The summed E-state index contributed by atoms with van der Waals surface area (Å²) in [6, 6.07) is 10.2. The van der Waals surface area contributed by atoms with Crippen LogP contribution in [0.4, 0.5) is 0 Å². The Hall–Kier alpha value is -1.93. The number of aromatic nitrogens is 1. The number of halogens is 2. The molecule has 0 radical (unpaired) electrons. The molecule has 3 rings (SSSR count). The summed E-state index contributed by atoms with van der Waals surface area (Å²) in [5, 5.41) is 1.01. The SMILES string of the molecule is Cc1nc(-c2ccc(Cl)s2)sc1C(=O)NNC(=O)c1ccccc1Cl. The van der Waals surface area contributed by atoms with Gasteiger partial charge in [0.05, 0.1) is 25.5 Å². The van der Waals surface area contributed by atoms with Gasteiger partial charge in [0.15, 0.2) is 0 Å². The Labute approximate surface area is 161 Å². The Morgan fingerprint density at radius 1 is 1.00 bits per heavy atom. The second kappa shape index (κ2) is 7.53. The minimum absolute atomic E-state index is 0.277. The Morgan fingerprint density at radius 2 is 1.72 bits per heavy atom. The minimum atomic E-state index is -0.494. The molecule has 0 spiro atoms. The van der Waals surface area contributed by atoms with E-state index in [1.54, 1.807) is 37.3 Å². The summed E-state index contributed by atoms with van der Waals surface area (Å²) in [6.45, 7) is 1.74. The molecular formula is C16H11Cl2N3O2S2. The first-order chi connectivity index (χ1) is 12.0. The quantitative estimate of drug-likeness (QED) is 0.620. The summed E-state index contributed by atoms with van der Waals surface area (Å²) in [5.41, 5.74) is 5.60. The van der Waals surface area contributed by atoms with Crippen LogP contribution in [0.3, 0.4) is 0 Å². The Bertz CT molecular complexity index is 953. The first-order valence-corrected chi connectivity index (χ1v) is 9.43. The third-order valence-electron chi connectivity index (χ3n) is 3.19. The fourth-order valence-corrected chi connectivity index (χ4v) is 4.31. The molecule has 2 N–H and O–H groups in total. The van der Waals surface area contributed by atoms with E-state index < -0.39 is 11.8 Å². The number of nitrogens with zero attached hydrogens (tertiary/aromatic N) is 1. The summed E-state index contributed by atoms with van der Waals surface area (Å²) in [7, 11) is 0. The van der Waals surface area contributed by atoms with E-state index in [-0.39, 0.29) is 5.56 Å². The van der Waals surface area contributed by atoms with E-state index in [2.05, 4.69) is 15.8 Å². The van der Waals surface area contributed by atoms with E-state index in [9.17, 15) is 9.59 Å². The van der Waals surface area contributed by atoms with E-state index in [0.717, 1.165) is 4.88 Å². The molecule has 0 fully saturated rings. The number of aryl methyl sites for hydroxylation is 1. The van der Waals surface area contributed by atoms with Crippen molar-refractivity contribution >= 4 is 57.7 Å². The van der Waals surface area contributed by atoms with Gasteiger partial charge in [0, 0.05) is 0 Å². The van der Waals surface area contributed by atoms with Gasteiger partial charge in [-0.2, -0.15) is 0 Å². The van der Waals surface area contributed by atoms with Crippen LogP contribution >= 0.6 is 45.9 Å². The van der Waals surface area contributed by atoms with Crippen molar-refractivity contribution in [3.8, 4) is 9.88 Å². The lowest BCUT2D eigenvalue weighted by Gasteiger charge is -2.07. The highest BCUT2D eigenvalue weighted by molar-refractivity contribution is 7.24. The standard InChI is InChI=1S/C16H11Cl2N3O2S2/c1-8-13(25-16(19-8)11-6-7-12(18)24-11)15(23)21-20-14(22)9-4-2-3-5-10(9)17/h2-7H,1H3,(H,20,22)(H,21,23). The molecular weight excluding hydrogens is 401 g/mol. The number of carbonyl (C=O) groups excluding carboxylic acids is 2. The Balaban J connectivity index is 1.71. The molecule has 2 heterocycles. The zero-order valence-corrected chi connectivity index (χ0v) is 15.9. The topological polar surface area (TPSA) is 71.1 Å². The van der Waals surface area contributed by atoms with Crippen LogP contribution in [0.1, 0.15) is 25.7 Å². The van der Waals surface area contributed by atoms with Crippen molar-refractivity contribution in [1.29, 1.82) is 0 Å². The van der Waals surface area contributed by atoms with Crippen molar-refractivity contribution in [2.24, 2.45) is 0 Å². The van der Waals surface area contributed by atoms with Gasteiger partial charge in [0.25, 0.3) is 11.8 Å². The Kier molecular flexibility index (Phi) is 5.39. The summed E-state index contributed by atoms with van der Waals surface area (Å²) < 4.78 is 0.654. The molecule has 0 aliphatic heterocycles. The average Bonchev–Trinajstić information content (AvgIpc) is 3.18. The molecule has 0 saturated carbocycles. The van der Waals surface area contributed by atoms with Gasteiger partial charge >= 0.3 is 0 Å². The minimum Gasteiger partial charge on any atom is -0.267 e. The summed E-state index contributed by atoms with van der Waals surface area (Å²) in [5.74, 6) is -0.935. The van der Waals surface area contributed by atoms with E-state index in [4.69, 9.17) is 23.2 Å². The van der Waals surface area contributed by atoms with Crippen molar-refractivity contribution in [2.45, 2.75) is 6.92 Å². The number of hydrogen-bond donors (Lipinski definition) is 2. The van der Waals surface area contributed by atoms with Gasteiger partial charge in [-0.25, -0.2) is 4.98 Å². The summed E-state index contributed by atoms with van der Waals surface area (Å²) in [6.07, 6.45) is 0. The van der Waals surface area contributed by atoms with Crippen LogP contribution in [0.15, 0.2) is 36.4 Å². The highest BCUT2D eigenvalue weighted by Gasteiger charge is 2.18. The molecule has 0 aliphatic carbocycles. The second-order valence-electron chi connectivity index (χ2n) is 4.93. The first kappa shape index (κ1) is 17.9. The molecule has 9 heteroatoms. The van der Waals surface area contributed by atoms with Gasteiger partial charge in [0.1, 0.15) is 9.88 Å². The number of hydrogen-bond acceptors (Lipinski definition) is 5. The van der Waals surface area contributed by atoms with Gasteiger partial charge in [-0.05, 0) is 31.2 Å². The maximum Gasteiger partial charge on any atom is 0.281 e. The lowest BCUT2D eigenvalue weighted by Crippen LogP contribution is -2.41. The molecule has 128 valence electrons. The monoisotopic (exact) mass is 411 g/mol. The molecule has 2 amide bonds. The largest absolute Gasteiger partial charge is 0.281 e. The first-order valence-electron chi connectivity index (χ1n) is 7.04. The number of amides is 2. The van der Waals surface area contributed by atoms with E-state index in [0.29, 0.717) is 24.9 Å². The van der Waals surface area contributed by atoms with Gasteiger partial charge in [-0.15, -0.1) is 22.7 Å². The van der Waals surface area contributed by atoms with Gasteiger partial charge in [0.2, 0.25) is 0 Å². The van der Waals surface area contributed by atoms with Crippen molar-refractivity contribution < 1.29 is 9.59 Å². The number of thiazole rings is 1. The van der Waals surface area contributed by atoms with Crippen LogP contribution in [-0.2, 0) is 0 Å². The normalized spacial score (nSPS) is 10.5.